The number of amides is 2. The summed E-state index contributed by atoms with van der Waals surface area (Å²) in [6.07, 6.45) is 1.60. The fourth-order valence-electron chi connectivity index (χ4n) is 2.55. The molecule has 1 atom stereocenters. The number of nitrogens with zero attached hydrogens (tertiary/aromatic N) is 2. The molecule has 0 aromatic heterocycles. The smallest absolute Gasteiger partial charge is 0.410 e. The van der Waals surface area contributed by atoms with Crippen LogP contribution in [0.25, 0.3) is 0 Å². The summed E-state index contributed by atoms with van der Waals surface area (Å²) >= 11 is 0. The Bertz CT molecular complexity index is 500. The molecule has 0 aromatic rings. The number of ether oxygens (including phenoxy) is 1. The minimum atomic E-state index is -0.491. The summed E-state index contributed by atoms with van der Waals surface area (Å²) in [5.74, 6) is 0.684. The largest absolute Gasteiger partial charge is 0.444 e. The second kappa shape index (κ2) is 10.2. The number of guanidine groups is 1. The Balaban J connectivity index is 2.40. The van der Waals surface area contributed by atoms with E-state index < -0.39 is 5.60 Å². The lowest BCUT2D eigenvalue weighted by atomic mass is 10.1. The summed E-state index contributed by atoms with van der Waals surface area (Å²) in [4.78, 5) is 29.7. The molecule has 1 aliphatic heterocycles. The third kappa shape index (κ3) is 8.40. The van der Waals surface area contributed by atoms with Crippen LogP contribution < -0.4 is 16.0 Å². The highest BCUT2D eigenvalue weighted by atomic mass is 16.6. The molecule has 1 heterocycles. The minimum Gasteiger partial charge on any atom is -0.444 e. The molecule has 0 saturated carbocycles. The lowest BCUT2D eigenvalue weighted by Crippen LogP contribution is -2.53. The number of hydrogen-bond donors (Lipinski definition) is 3. The average molecular weight is 370 g/mol. The Hall–Kier alpha value is -1.99. The lowest BCUT2D eigenvalue weighted by Gasteiger charge is -2.35. The molecule has 1 unspecified atom stereocenters. The Morgan fingerprint density at radius 1 is 1.23 bits per heavy atom. The Morgan fingerprint density at radius 2 is 1.88 bits per heavy atom. The van der Waals surface area contributed by atoms with Gasteiger partial charge in [0.05, 0.1) is 0 Å². The molecule has 0 bridgehead atoms. The molecule has 1 rings (SSSR count). The average Bonchev–Trinajstić information content (AvgIpc) is 2.55. The van der Waals surface area contributed by atoms with Crippen molar-refractivity contribution in [3.8, 4) is 0 Å². The number of nitrogens with one attached hydrogen (secondary N) is 3. The van der Waals surface area contributed by atoms with Crippen molar-refractivity contribution in [2.24, 2.45) is 10.9 Å². The van der Waals surface area contributed by atoms with Gasteiger partial charge in [-0.2, -0.15) is 0 Å². The maximum atomic E-state index is 12.2. The van der Waals surface area contributed by atoms with Crippen molar-refractivity contribution in [1.82, 2.24) is 20.9 Å². The highest BCUT2D eigenvalue weighted by molar-refractivity contribution is 5.80. The second-order valence-corrected chi connectivity index (χ2v) is 7.85. The molecular weight excluding hydrogens is 334 g/mol. The monoisotopic (exact) mass is 369 g/mol. The highest BCUT2D eigenvalue weighted by Gasteiger charge is 2.27. The fourth-order valence-corrected chi connectivity index (χ4v) is 2.55. The molecule has 1 saturated heterocycles. The second-order valence-electron chi connectivity index (χ2n) is 7.85. The van der Waals surface area contributed by atoms with Gasteiger partial charge in [0.1, 0.15) is 5.60 Å². The molecule has 150 valence electrons. The van der Waals surface area contributed by atoms with Gasteiger partial charge in [-0.05, 0) is 33.6 Å². The van der Waals surface area contributed by atoms with Gasteiger partial charge in [0.2, 0.25) is 5.91 Å². The summed E-state index contributed by atoms with van der Waals surface area (Å²) in [5.41, 5.74) is -0.491. The van der Waals surface area contributed by atoms with Crippen LogP contribution in [0.1, 0.15) is 47.5 Å². The van der Waals surface area contributed by atoms with Crippen LogP contribution in [-0.2, 0) is 9.53 Å². The van der Waals surface area contributed by atoms with Crippen LogP contribution in [0.2, 0.25) is 0 Å². The number of likely N-dealkylation sites (tertiary alicyclic amines) is 1. The van der Waals surface area contributed by atoms with Gasteiger partial charge in [0.15, 0.2) is 5.96 Å². The van der Waals surface area contributed by atoms with Crippen molar-refractivity contribution < 1.29 is 14.3 Å². The van der Waals surface area contributed by atoms with Gasteiger partial charge in [-0.15, -0.1) is 0 Å². The number of carbonyl (C=O) groups excluding carboxylic acids is 2. The van der Waals surface area contributed by atoms with Gasteiger partial charge < -0.3 is 25.6 Å². The SMILES string of the molecule is CN=C(NCCNC(=O)C(C)C)NC1CCCN(C(=O)OC(C)(C)C)C1. The summed E-state index contributed by atoms with van der Waals surface area (Å²) < 4.78 is 5.45. The molecule has 0 aromatic carbocycles. The Labute approximate surface area is 157 Å². The van der Waals surface area contributed by atoms with E-state index in [1.165, 1.54) is 0 Å². The molecule has 8 heteroatoms. The fraction of sp³-hybridized carbons (Fsp3) is 0.833. The molecular formula is C18H35N5O3. The predicted octanol–water partition coefficient (Wildman–Crippen LogP) is 1.32. The van der Waals surface area contributed by atoms with Gasteiger partial charge in [-0.3, -0.25) is 9.79 Å². The van der Waals surface area contributed by atoms with Crippen LogP contribution in [-0.4, -0.2) is 67.7 Å². The minimum absolute atomic E-state index is 0.0199. The zero-order valence-electron chi connectivity index (χ0n) is 17.0. The van der Waals surface area contributed by atoms with Crippen molar-refractivity contribution in [2.75, 3.05) is 33.2 Å². The topological polar surface area (TPSA) is 95.1 Å². The first-order valence-corrected chi connectivity index (χ1v) is 9.35. The van der Waals surface area contributed by atoms with Crippen LogP contribution in [0, 0.1) is 5.92 Å². The van der Waals surface area contributed by atoms with Crippen LogP contribution >= 0.6 is 0 Å². The van der Waals surface area contributed by atoms with Gasteiger partial charge in [-0.25, -0.2) is 4.79 Å². The summed E-state index contributed by atoms with van der Waals surface area (Å²) in [5, 5.41) is 9.38. The Morgan fingerprint density at radius 3 is 2.46 bits per heavy atom. The third-order valence-corrected chi connectivity index (χ3v) is 3.88. The van der Waals surface area contributed by atoms with Crippen LogP contribution in [0.4, 0.5) is 4.79 Å². The molecule has 0 spiro atoms. The molecule has 1 fully saturated rings. The van der Waals surface area contributed by atoms with Crippen molar-refractivity contribution in [2.45, 2.75) is 59.1 Å². The van der Waals surface area contributed by atoms with Gasteiger partial charge in [0.25, 0.3) is 0 Å². The number of aliphatic imine (C=N–C) groups is 1. The van der Waals surface area contributed by atoms with Crippen LogP contribution in [0.3, 0.4) is 0 Å². The van der Waals surface area contributed by atoms with Crippen molar-refractivity contribution in [3.63, 3.8) is 0 Å². The van der Waals surface area contributed by atoms with E-state index >= 15 is 0 Å². The highest BCUT2D eigenvalue weighted by Crippen LogP contribution is 2.15. The summed E-state index contributed by atoms with van der Waals surface area (Å²) in [6, 6.07) is 0.118. The zero-order valence-corrected chi connectivity index (χ0v) is 17.0. The molecule has 0 aliphatic carbocycles. The number of hydrogen-bond acceptors (Lipinski definition) is 4. The maximum absolute atomic E-state index is 12.2. The third-order valence-electron chi connectivity index (χ3n) is 3.88. The van der Waals surface area contributed by atoms with Gasteiger partial charge >= 0.3 is 6.09 Å². The molecule has 8 nitrogen and oxygen atoms in total. The van der Waals surface area contributed by atoms with E-state index in [0.29, 0.717) is 32.1 Å². The molecule has 2 amide bonds. The van der Waals surface area contributed by atoms with Crippen LogP contribution in [0.5, 0.6) is 0 Å². The predicted molar refractivity (Wildman–Crippen MR) is 103 cm³/mol. The standard InChI is InChI=1S/C18H35N5O3/c1-13(2)15(24)20-9-10-21-16(19-6)22-14-8-7-11-23(12-14)17(25)26-18(3,4)5/h13-14H,7-12H2,1-6H3,(H,20,24)(H2,19,21,22). The maximum Gasteiger partial charge on any atom is 0.410 e. The first-order valence-electron chi connectivity index (χ1n) is 9.35. The van der Waals surface area contributed by atoms with E-state index in [0.717, 1.165) is 12.8 Å². The van der Waals surface area contributed by atoms with Crippen molar-refractivity contribution >= 4 is 18.0 Å². The summed E-state index contributed by atoms with van der Waals surface area (Å²) in [7, 11) is 1.70. The van der Waals surface area contributed by atoms with Crippen LogP contribution in [0.15, 0.2) is 4.99 Å². The first kappa shape index (κ1) is 22.1. The number of rotatable bonds is 5. The lowest BCUT2D eigenvalue weighted by molar-refractivity contribution is -0.123. The van der Waals surface area contributed by atoms with E-state index in [1.807, 2.05) is 34.6 Å². The number of piperidine rings is 1. The molecule has 26 heavy (non-hydrogen) atoms. The van der Waals surface area contributed by atoms with E-state index in [-0.39, 0.29) is 24.0 Å². The normalized spacial score (nSPS) is 18.5. The van der Waals surface area contributed by atoms with E-state index in [2.05, 4.69) is 20.9 Å². The van der Waals surface area contributed by atoms with Crippen molar-refractivity contribution in [3.05, 3.63) is 0 Å². The molecule has 1 aliphatic rings. The number of carbonyl (C=O) groups is 2. The van der Waals surface area contributed by atoms with Gasteiger partial charge in [0, 0.05) is 45.2 Å². The quantitative estimate of drug-likeness (QED) is 0.386. The van der Waals surface area contributed by atoms with E-state index in [9.17, 15) is 9.59 Å². The summed E-state index contributed by atoms with van der Waals surface area (Å²) in [6.45, 7) is 11.7. The zero-order chi connectivity index (χ0) is 19.7. The molecule has 0 radical (unpaired) electrons. The Kier molecular flexibility index (Phi) is 8.68. The molecule has 3 N–H and O–H groups in total. The van der Waals surface area contributed by atoms with E-state index in [1.54, 1.807) is 11.9 Å². The van der Waals surface area contributed by atoms with Crippen molar-refractivity contribution in [1.29, 1.82) is 0 Å². The first-order chi connectivity index (χ1) is 12.1. The van der Waals surface area contributed by atoms with Gasteiger partial charge in [-0.1, -0.05) is 13.8 Å². The van der Waals surface area contributed by atoms with E-state index in [4.69, 9.17) is 4.74 Å².